The predicted octanol–water partition coefficient (Wildman–Crippen LogP) is 2.06. The monoisotopic (exact) mass is 241 g/mol. The van der Waals surface area contributed by atoms with Crippen molar-refractivity contribution < 1.29 is 15.0 Å². The third-order valence-electron chi connectivity index (χ3n) is 1.74. The van der Waals surface area contributed by atoms with Gasteiger partial charge in [0.1, 0.15) is 9.88 Å². The number of carboxylic acids is 1. The second-order valence-corrected chi connectivity index (χ2v) is 4.71. The van der Waals surface area contributed by atoms with E-state index in [1.165, 1.54) is 22.7 Å². The first-order chi connectivity index (χ1) is 7.20. The van der Waals surface area contributed by atoms with Crippen LogP contribution in [-0.4, -0.2) is 21.2 Å². The number of thiophene rings is 1. The Kier molecular flexibility index (Phi) is 2.81. The summed E-state index contributed by atoms with van der Waals surface area (Å²) in [4.78, 5) is 15.9. The second-order valence-electron chi connectivity index (χ2n) is 2.77. The van der Waals surface area contributed by atoms with E-state index in [0.29, 0.717) is 10.6 Å². The van der Waals surface area contributed by atoms with Crippen LogP contribution in [0.15, 0.2) is 17.5 Å². The smallest absolute Gasteiger partial charge is 0.345 e. The van der Waals surface area contributed by atoms with Crippen LogP contribution < -0.4 is 0 Å². The summed E-state index contributed by atoms with van der Waals surface area (Å²) in [6, 6.07) is 3.29. The molecule has 0 aliphatic carbocycles. The van der Waals surface area contributed by atoms with Gasteiger partial charge in [-0.2, -0.15) is 0 Å². The topological polar surface area (TPSA) is 70.4 Å². The minimum atomic E-state index is -0.926. The van der Waals surface area contributed by atoms with E-state index in [1.54, 1.807) is 17.5 Å². The van der Waals surface area contributed by atoms with Crippen molar-refractivity contribution in [2.75, 3.05) is 0 Å². The Hall–Kier alpha value is -1.24. The number of nitrogens with zero attached hydrogens (tertiary/aromatic N) is 1. The highest BCUT2D eigenvalue weighted by Gasteiger charge is 2.10. The highest BCUT2D eigenvalue weighted by atomic mass is 32.1. The molecule has 0 unspecified atom stereocenters. The molecule has 0 aliphatic rings. The highest BCUT2D eigenvalue weighted by Crippen LogP contribution is 2.30. The third kappa shape index (κ3) is 2.06. The first kappa shape index (κ1) is 10.3. The number of aromatic carboxylic acids is 1. The van der Waals surface area contributed by atoms with Gasteiger partial charge < -0.3 is 10.2 Å². The molecular formula is C9H7NO3S2. The SMILES string of the molecule is O=C(O)c1ccc(-c2nc(CO)cs2)s1. The van der Waals surface area contributed by atoms with Gasteiger partial charge in [-0.3, -0.25) is 0 Å². The molecular weight excluding hydrogens is 234 g/mol. The zero-order valence-corrected chi connectivity index (χ0v) is 9.14. The maximum atomic E-state index is 10.7. The van der Waals surface area contributed by atoms with E-state index >= 15 is 0 Å². The van der Waals surface area contributed by atoms with Crippen LogP contribution >= 0.6 is 22.7 Å². The van der Waals surface area contributed by atoms with Gasteiger partial charge in [0.2, 0.25) is 0 Å². The number of aliphatic hydroxyl groups excluding tert-OH is 1. The van der Waals surface area contributed by atoms with Gasteiger partial charge in [0, 0.05) is 5.38 Å². The summed E-state index contributed by atoms with van der Waals surface area (Å²) in [6.07, 6.45) is 0. The van der Waals surface area contributed by atoms with E-state index in [0.717, 1.165) is 9.88 Å². The zero-order valence-electron chi connectivity index (χ0n) is 7.51. The molecule has 2 aromatic heterocycles. The van der Waals surface area contributed by atoms with Crippen molar-refractivity contribution >= 4 is 28.6 Å². The van der Waals surface area contributed by atoms with Gasteiger partial charge in [-0.25, -0.2) is 9.78 Å². The van der Waals surface area contributed by atoms with Crippen LogP contribution in [0.4, 0.5) is 0 Å². The number of carboxylic acid groups (broad SMARTS) is 1. The van der Waals surface area contributed by atoms with E-state index in [4.69, 9.17) is 10.2 Å². The molecule has 15 heavy (non-hydrogen) atoms. The van der Waals surface area contributed by atoms with Gasteiger partial charge in [-0.05, 0) is 12.1 Å². The lowest BCUT2D eigenvalue weighted by Gasteiger charge is -1.87. The van der Waals surface area contributed by atoms with Crippen LogP contribution in [0.2, 0.25) is 0 Å². The summed E-state index contributed by atoms with van der Waals surface area (Å²) in [5.74, 6) is -0.926. The Morgan fingerprint density at radius 1 is 1.47 bits per heavy atom. The molecule has 0 spiro atoms. The van der Waals surface area contributed by atoms with E-state index in [9.17, 15) is 4.79 Å². The van der Waals surface area contributed by atoms with Crippen LogP contribution in [0.1, 0.15) is 15.4 Å². The molecule has 4 nitrogen and oxygen atoms in total. The van der Waals surface area contributed by atoms with Crippen molar-refractivity contribution in [1.29, 1.82) is 0 Å². The molecule has 0 saturated heterocycles. The molecule has 0 fully saturated rings. The lowest BCUT2D eigenvalue weighted by Crippen LogP contribution is -1.89. The number of thiazole rings is 1. The van der Waals surface area contributed by atoms with Gasteiger partial charge in [-0.1, -0.05) is 0 Å². The lowest BCUT2D eigenvalue weighted by atomic mass is 10.4. The first-order valence-electron chi connectivity index (χ1n) is 4.09. The molecule has 2 rings (SSSR count). The summed E-state index contributed by atoms with van der Waals surface area (Å²) >= 11 is 2.58. The molecule has 0 amide bonds. The zero-order chi connectivity index (χ0) is 10.8. The molecule has 2 heterocycles. The molecule has 0 aliphatic heterocycles. The van der Waals surface area contributed by atoms with Gasteiger partial charge in [0.15, 0.2) is 0 Å². The fourth-order valence-corrected chi connectivity index (χ4v) is 2.79. The van der Waals surface area contributed by atoms with Crippen LogP contribution in [0.25, 0.3) is 9.88 Å². The van der Waals surface area contributed by atoms with Crippen molar-refractivity contribution in [2.24, 2.45) is 0 Å². The number of hydrogen-bond donors (Lipinski definition) is 2. The van der Waals surface area contributed by atoms with Crippen molar-refractivity contribution in [1.82, 2.24) is 4.98 Å². The maximum Gasteiger partial charge on any atom is 0.345 e. The quantitative estimate of drug-likeness (QED) is 0.863. The van der Waals surface area contributed by atoms with Gasteiger partial charge >= 0.3 is 5.97 Å². The minimum Gasteiger partial charge on any atom is -0.477 e. The van der Waals surface area contributed by atoms with Gasteiger partial charge in [-0.15, -0.1) is 22.7 Å². The molecule has 0 saturated carbocycles. The number of rotatable bonds is 3. The average Bonchev–Trinajstić information content (AvgIpc) is 2.86. The third-order valence-corrected chi connectivity index (χ3v) is 3.87. The second kappa shape index (κ2) is 4.09. The first-order valence-corrected chi connectivity index (χ1v) is 5.79. The Morgan fingerprint density at radius 3 is 2.80 bits per heavy atom. The number of hydrogen-bond acceptors (Lipinski definition) is 5. The number of aliphatic hydroxyl groups is 1. The van der Waals surface area contributed by atoms with Crippen LogP contribution in [0, 0.1) is 0 Å². The summed E-state index contributed by atoms with van der Waals surface area (Å²) < 4.78 is 0. The minimum absolute atomic E-state index is 0.0896. The Bertz CT molecular complexity index is 489. The van der Waals surface area contributed by atoms with Crippen molar-refractivity contribution in [3.63, 3.8) is 0 Å². The highest BCUT2D eigenvalue weighted by molar-refractivity contribution is 7.22. The number of aromatic nitrogens is 1. The standard InChI is InChI=1S/C9H7NO3S2/c11-3-5-4-14-8(10-5)6-1-2-7(15-6)9(12)13/h1-2,4,11H,3H2,(H,12,13). The Balaban J connectivity index is 2.32. The summed E-state index contributed by atoms with van der Waals surface area (Å²) in [7, 11) is 0. The largest absolute Gasteiger partial charge is 0.477 e. The fraction of sp³-hybridized carbons (Fsp3) is 0.111. The van der Waals surface area contributed by atoms with Crippen LogP contribution in [0.5, 0.6) is 0 Å². The molecule has 78 valence electrons. The molecule has 0 aromatic carbocycles. The van der Waals surface area contributed by atoms with Gasteiger partial charge in [0.25, 0.3) is 0 Å². The summed E-state index contributed by atoms with van der Waals surface area (Å²) in [5, 5.41) is 20.1. The van der Waals surface area contributed by atoms with Crippen molar-refractivity contribution in [3.8, 4) is 9.88 Å². The van der Waals surface area contributed by atoms with Crippen molar-refractivity contribution in [3.05, 3.63) is 28.1 Å². The summed E-state index contributed by atoms with van der Waals surface area (Å²) in [6.45, 7) is -0.0896. The van der Waals surface area contributed by atoms with Gasteiger partial charge in [0.05, 0.1) is 17.2 Å². The van der Waals surface area contributed by atoms with Crippen molar-refractivity contribution in [2.45, 2.75) is 6.61 Å². The van der Waals surface area contributed by atoms with Crippen LogP contribution in [-0.2, 0) is 6.61 Å². The Labute approximate surface area is 93.5 Å². The molecule has 2 N–H and O–H groups in total. The summed E-state index contributed by atoms with van der Waals surface area (Å²) in [5.41, 5.74) is 0.611. The van der Waals surface area contributed by atoms with E-state index < -0.39 is 5.97 Å². The van der Waals surface area contributed by atoms with Crippen LogP contribution in [0.3, 0.4) is 0 Å². The molecule has 0 radical (unpaired) electrons. The molecule has 2 aromatic rings. The average molecular weight is 241 g/mol. The predicted molar refractivity (Wildman–Crippen MR) is 58.3 cm³/mol. The van der Waals surface area contributed by atoms with E-state index in [1.807, 2.05) is 0 Å². The molecule has 0 bridgehead atoms. The van der Waals surface area contributed by atoms with E-state index in [2.05, 4.69) is 4.98 Å². The Morgan fingerprint density at radius 2 is 2.27 bits per heavy atom. The molecule has 6 heteroatoms. The maximum absolute atomic E-state index is 10.7. The lowest BCUT2D eigenvalue weighted by molar-refractivity contribution is 0.0702. The molecule has 0 atom stereocenters. The van der Waals surface area contributed by atoms with E-state index in [-0.39, 0.29) is 6.61 Å². The number of carbonyl (C=O) groups is 1. The normalized spacial score (nSPS) is 10.5. The fourth-order valence-electron chi connectivity index (χ4n) is 1.06.